The molecule has 2 N–H and O–H groups in total. The predicted octanol–water partition coefficient (Wildman–Crippen LogP) is 0.742. The van der Waals surface area contributed by atoms with Crippen molar-refractivity contribution in [1.29, 1.82) is 0 Å². The summed E-state index contributed by atoms with van der Waals surface area (Å²) in [6.07, 6.45) is 0.671. The minimum absolute atomic E-state index is 0.102. The molecule has 0 spiro atoms. The fraction of sp³-hybridized carbons (Fsp3) is 0.333. The summed E-state index contributed by atoms with van der Waals surface area (Å²) < 4.78 is 5.08. The smallest absolute Gasteiger partial charge is 0.240 e. The molecular weight excluding hydrogens is 218 g/mol. The first kappa shape index (κ1) is 11.8. The van der Waals surface area contributed by atoms with E-state index >= 15 is 0 Å². The Bertz CT molecular complexity index is 442. The van der Waals surface area contributed by atoms with Crippen LogP contribution in [-0.2, 0) is 13.0 Å². The van der Waals surface area contributed by atoms with E-state index in [-0.39, 0.29) is 6.61 Å². The first-order chi connectivity index (χ1) is 8.38. The van der Waals surface area contributed by atoms with Gasteiger partial charge in [0.15, 0.2) is 5.82 Å². The highest BCUT2D eigenvalue weighted by Crippen LogP contribution is 2.06. The number of nitrogens with one attached hydrogen (secondary N) is 1. The Morgan fingerprint density at radius 1 is 1.24 bits per heavy atom. The molecule has 0 aliphatic carbocycles. The van der Waals surface area contributed by atoms with Crippen molar-refractivity contribution in [3.63, 3.8) is 0 Å². The summed E-state index contributed by atoms with van der Waals surface area (Å²) in [6, 6.07) is 10.0. The van der Waals surface area contributed by atoms with Crippen molar-refractivity contribution in [1.82, 2.24) is 15.5 Å². The largest absolute Gasteiger partial charge is 0.395 e. The van der Waals surface area contributed by atoms with Gasteiger partial charge in [0.05, 0.1) is 13.2 Å². The van der Waals surface area contributed by atoms with Gasteiger partial charge in [-0.25, -0.2) is 0 Å². The van der Waals surface area contributed by atoms with Crippen LogP contribution >= 0.6 is 0 Å². The van der Waals surface area contributed by atoms with Crippen LogP contribution < -0.4 is 5.32 Å². The van der Waals surface area contributed by atoms with Crippen molar-refractivity contribution in [3.8, 4) is 0 Å². The zero-order valence-corrected chi connectivity index (χ0v) is 9.47. The number of aliphatic hydroxyl groups is 1. The molecule has 0 saturated heterocycles. The Hall–Kier alpha value is -1.72. The molecule has 0 amide bonds. The molecule has 2 rings (SSSR count). The average molecular weight is 233 g/mol. The minimum atomic E-state index is 0.102. The van der Waals surface area contributed by atoms with Gasteiger partial charge >= 0.3 is 0 Å². The molecule has 1 aromatic carbocycles. The standard InChI is InChI=1S/C12H15N3O2/c16-7-6-13-9-12-14-11(15-17-12)8-10-4-2-1-3-5-10/h1-5,13,16H,6-9H2. The third kappa shape index (κ3) is 3.65. The fourth-order valence-electron chi connectivity index (χ4n) is 1.49. The van der Waals surface area contributed by atoms with Crippen LogP contribution in [0, 0.1) is 0 Å². The van der Waals surface area contributed by atoms with Gasteiger partial charge in [-0.3, -0.25) is 0 Å². The van der Waals surface area contributed by atoms with Crippen molar-refractivity contribution in [2.45, 2.75) is 13.0 Å². The maximum absolute atomic E-state index is 8.62. The SMILES string of the molecule is OCCNCc1nc(Cc2ccccc2)no1. The topological polar surface area (TPSA) is 71.2 Å². The lowest BCUT2D eigenvalue weighted by Gasteiger charge is -1.95. The van der Waals surface area contributed by atoms with Gasteiger partial charge < -0.3 is 14.9 Å². The van der Waals surface area contributed by atoms with Crippen molar-refractivity contribution in [3.05, 3.63) is 47.6 Å². The monoisotopic (exact) mass is 233 g/mol. The van der Waals surface area contributed by atoms with E-state index in [1.165, 1.54) is 0 Å². The van der Waals surface area contributed by atoms with E-state index in [9.17, 15) is 0 Å². The third-order valence-corrected chi connectivity index (χ3v) is 2.28. The molecule has 5 nitrogen and oxygen atoms in total. The van der Waals surface area contributed by atoms with Gasteiger partial charge in [-0.2, -0.15) is 4.98 Å². The molecule has 0 aliphatic heterocycles. The second-order valence-corrected chi connectivity index (χ2v) is 3.67. The maximum Gasteiger partial charge on any atom is 0.240 e. The molecule has 5 heteroatoms. The molecule has 0 aliphatic rings. The lowest BCUT2D eigenvalue weighted by molar-refractivity contribution is 0.286. The molecule has 0 atom stereocenters. The van der Waals surface area contributed by atoms with Gasteiger partial charge in [0, 0.05) is 13.0 Å². The Balaban J connectivity index is 1.90. The molecule has 0 radical (unpaired) electrons. The van der Waals surface area contributed by atoms with E-state index < -0.39 is 0 Å². The van der Waals surface area contributed by atoms with E-state index in [0.717, 1.165) is 5.56 Å². The van der Waals surface area contributed by atoms with Gasteiger partial charge in [-0.15, -0.1) is 0 Å². The summed E-state index contributed by atoms with van der Waals surface area (Å²) in [4.78, 5) is 4.26. The highest BCUT2D eigenvalue weighted by Gasteiger charge is 2.06. The van der Waals surface area contributed by atoms with Crippen molar-refractivity contribution in [2.75, 3.05) is 13.2 Å². The summed E-state index contributed by atoms with van der Waals surface area (Å²) in [7, 11) is 0. The third-order valence-electron chi connectivity index (χ3n) is 2.28. The second kappa shape index (κ2) is 6.12. The van der Waals surface area contributed by atoms with Gasteiger partial charge in [-0.1, -0.05) is 35.5 Å². The van der Waals surface area contributed by atoms with Crippen LogP contribution in [0.5, 0.6) is 0 Å². The van der Waals surface area contributed by atoms with Crippen molar-refractivity contribution < 1.29 is 9.63 Å². The van der Waals surface area contributed by atoms with Gasteiger partial charge in [0.1, 0.15) is 0 Å². The molecule has 0 fully saturated rings. The summed E-state index contributed by atoms with van der Waals surface area (Å²) in [6.45, 7) is 1.11. The number of aromatic nitrogens is 2. The van der Waals surface area contributed by atoms with Crippen molar-refractivity contribution in [2.24, 2.45) is 0 Å². The quantitative estimate of drug-likeness (QED) is 0.720. The Labute approximate surface area is 99.5 Å². The average Bonchev–Trinajstić information content (AvgIpc) is 2.79. The van der Waals surface area contributed by atoms with Crippen LogP contribution in [0.15, 0.2) is 34.9 Å². The van der Waals surface area contributed by atoms with Crippen LogP contribution in [0.1, 0.15) is 17.3 Å². The van der Waals surface area contributed by atoms with E-state index in [1.54, 1.807) is 0 Å². The minimum Gasteiger partial charge on any atom is -0.395 e. The molecule has 0 saturated carbocycles. The zero-order valence-electron chi connectivity index (χ0n) is 9.47. The molecule has 17 heavy (non-hydrogen) atoms. The number of aliphatic hydroxyl groups excluding tert-OH is 1. The number of hydrogen-bond donors (Lipinski definition) is 2. The first-order valence-electron chi connectivity index (χ1n) is 5.55. The van der Waals surface area contributed by atoms with Crippen LogP contribution in [-0.4, -0.2) is 28.4 Å². The highest BCUT2D eigenvalue weighted by atomic mass is 16.5. The number of hydrogen-bond acceptors (Lipinski definition) is 5. The normalized spacial score (nSPS) is 10.6. The van der Waals surface area contributed by atoms with Gasteiger partial charge in [0.25, 0.3) is 0 Å². The van der Waals surface area contributed by atoms with Crippen molar-refractivity contribution >= 4 is 0 Å². The summed E-state index contributed by atoms with van der Waals surface area (Å²) >= 11 is 0. The Kier molecular flexibility index (Phi) is 4.23. The molecular formula is C12H15N3O2. The number of benzene rings is 1. The van der Waals surface area contributed by atoms with E-state index in [1.807, 2.05) is 30.3 Å². The van der Waals surface area contributed by atoms with Crippen LogP contribution in [0.25, 0.3) is 0 Å². The lowest BCUT2D eigenvalue weighted by Crippen LogP contribution is -2.17. The second-order valence-electron chi connectivity index (χ2n) is 3.67. The number of rotatable bonds is 6. The van der Waals surface area contributed by atoms with Crippen LogP contribution in [0.3, 0.4) is 0 Å². The fourth-order valence-corrected chi connectivity index (χ4v) is 1.49. The summed E-state index contributed by atoms with van der Waals surface area (Å²) in [5.74, 6) is 1.22. The van der Waals surface area contributed by atoms with Gasteiger partial charge in [-0.05, 0) is 5.56 Å². The highest BCUT2D eigenvalue weighted by molar-refractivity contribution is 5.18. The molecule has 0 unspecified atom stereocenters. The molecule has 0 bridgehead atoms. The van der Waals surface area contributed by atoms with E-state index in [2.05, 4.69) is 15.5 Å². The zero-order chi connectivity index (χ0) is 11.9. The molecule has 1 aromatic heterocycles. The van der Waals surface area contributed by atoms with E-state index in [4.69, 9.17) is 9.63 Å². The summed E-state index contributed by atoms with van der Waals surface area (Å²) in [5.41, 5.74) is 1.16. The van der Waals surface area contributed by atoms with Crippen LogP contribution in [0.2, 0.25) is 0 Å². The lowest BCUT2D eigenvalue weighted by atomic mass is 10.1. The molecule has 2 aromatic rings. The Morgan fingerprint density at radius 2 is 2.06 bits per heavy atom. The summed E-state index contributed by atoms with van der Waals surface area (Å²) in [5, 5.41) is 15.5. The Morgan fingerprint density at radius 3 is 2.82 bits per heavy atom. The molecule has 1 heterocycles. The first-order valence-corrected chi connectivity index (χ1v) is 5.55. The van der Waals surface area contributed by atoms with Gasteiger partial charge in [0.2, 0.25) is 5.89 Å². The predicted molar refractivity (Wildman–Crippen MR) is 62.3 cm³/mol. The molecule has 90 valence electrons. The van der Waals surface area contributed by atoms with E-state index in [0.29, 0.717) is 31.2 Å². The maximum atomic E-state index is 8.62. The van der Waals surface area contributed by atoms with Crippen LogP contribution in [0.4, 0.5) is 0 Å². The number of nitrogens with zero attached hydrogens (tertiary/aromatic N) is 2.